The van der Waals surface area contributed by atoms with Gasteiger partial charge < -0.3 is 25.5 Å². The zero-order valence-electron chi connectivity index (χ0n) is 16.3. The van der Waals surface area contributed by atoms with E-state index in [0.29, 0.717) is 6.54 Å². The number of nitrogens with zero attached hydrogens (tertiary/aromatic N) is 3. The molecule has 1 aromatic rings. The summed E-state index contributed by atoms with van der Waals surface area (Å²) in [5.41, 5.74) is 1.14. The summed E-state index contributed by atoms with van der Waals surface area (Å²) in [5, 5.41) is 16.3. The minimum absolute atomic E-state index is 0.0759. The van der Waals surface area contributed by atoms with Crippen LogP contribution in [0, 0.1) is 0 Å². The molecule has 3 N–H and O–H groups in total. The van der Waals surface area contributed by atoms with Crippen molar-refractivity contribution in [2.75, 3.05) is 66.5 Å². The van der Waals surface area contributed by atoms with Gasteiger partial charge in [-0.15, -0.1) is 0 Å². The van der Waals surface area contributed by atoms with E-state index in [1.165, 1.54) is 39.1 Å². The van der Waals surface area contributed by atoms with Crippen LogP contribution in [0.15, 0.2) is 35.3 Å². The molecule has 1 heterocycles. The Balaban J connectivity index is 1.60. The van der Waals surface area contributed by atoms with Gasteiger partial charge >= 0.3 is 0 Å². The van der Waals surface area contributed by atoms with E-state index in [9.17, 15) is 5.11 Å². The molecule has 1 unspecified atom stereocenters. The lowest BCUT2D eigenvalue weighted by molar-refractivity contribution is 0.152. The number of hydrogen-bond donors (Lipinski definition) is 3. The summed E-state index contributed by atoms with van der Waals surface area (Å²) in [4.78, 5) is 9.23. The summed E-state index contributed by atoms with van der Waals surface area (Å²) in [6, 6.07) is 10.1. The largest absolute Gasteiger partial charge is 0.396 e. The van der Waals surface area contributed by atoms with Crippen LogP contribution in [0.5, 0.6) is 0 Å². The molecule has 0 amide bonds. The highest BCUT2D eigenvalue weighted by molar-refractivity contribution is 5.79. The zero-order chi connectivity index (χ0) is 18.6. The quantitative estimate of drug-likeness (QED) is 0.347. The van der Waals surface area contributed by atoms with Gasteiger partial charge in [0.1, 0.15) is 0 Å². The SMILES string of the molecule is CN=C(NCCCCN1CCN(C)CC1)NCC(CO)c1ccccc1. The number of unbranched alkanes of at least 4 members (excludes halogenated alkanes) is 1. The molecular formula is C20H35N5O. The number of likely N-dealkylation sites (N-methyl/N-ethyl adjacent to an activating group) is 1. The minimum Gasteiger partial charge on any atom is -0.396 e. The Labute approximate surface area is 158 Å². The third-order valence-corrected chi connectivity index (χ3v) is 5.02. The lowest BCUT2D eigenvalue weighted by Crippen LogP contribution is -2.44. The van der Waals surface area contributed by atoms with Gasteiger partial charge in [-0.1, -0.05) is 30.3 Å². The van der Waals surface area contributed by atoms with Crippen LogP contribution < -0.4 is 10.6 Å². The van der Waals surface area contributed by atoms with Gasteiger partial charge in [0, 0.05) is 52.2 Å². The van der Waals surface area contributed by atoms with Crippen LogP contribution in [-0.4, -0.2) is 87.4 Å². The summed E-state index contributed by atoms with van der Waals surface area (Å²) in [6.07, 6.45) is 2.34. The molecule has 6 nitrogen and oxygen atoms in total. The Morgan fingerprint density at radius 1 is 1.12 bits per heavy atom. The molecule has 1 saturated heterocycles. The molecule has 0 aromatic heterocycles. The Morgan fingerprint density at radius 2 is 1.85 bits per heavy atom. The van der Waals surface area contributed by atoms with E-state index in [2.05, 4.69) is 44.6 Å². The van der Waals surface area contributed by atoms with Crippen LogP contribution in [0.2, 0.25) is 0 Å². The van der Waals surface area contributed by atoms with Crippen LogP contribution in [-0.2, 0) is 0 Å². The van der Waals surface area contributed by atoms with Gasteiger partial charge in [0.05, 0.1) is 6.61 Å². The number of guanidine groups is 1. The molecule has 1 atom stereocenters. The van der Waals surface area contributed by atoms with Crippen molar-refractivity contribution in [2.45, 2.75) is 18.8 Å². The molecule has 26 heavy (non-hydrogen) atoms. The molecular weight excluding hydrogens is 326 g/mol. The van der Waals surface area contributed by atoms with E-state index < -0.39 is 0 Å². The third-order valence-electron chi connectivity index (χ3n) is 5.02. The molecule has 0 radical (unpaired) electrons. The van der Waals surface area contributed by atoms with Gasteiger partial charge in [-0.05, 0) is 32.0 Å². The number of hydrogen-bond acceptors (Lipinski definition) is 4. The van der Waals surface area contributed by atoms with Crippen molar-refractivity contribution in [1.82, 2.24) is 20.4 Å². The number of aliphatic hydroxyl groups excluding tert-OH is 1. The first kappa shape index (κ1) is 20.7. The number of benzene rings is 1. The molecule has 6 heteroatoms. The third kappa shape index (κ3) is 7.32. The average molecular weight is 362 g/mol. The molecule has 1 aliphatic rings. The van der Waals surface area contributed by atoms with Gasteiger partial charge in [-0.2, -0.15) is 0 Å². The molecule has 0 aliphatic carbocycles. The van der Waals surface area contributed by atoms with Crippen LogP contribution in [0.25, 0.3) is 0 Å². The molecule has 2 rings (SSSR count). The van der Waals surface area contributed by atoms with E-state index in [1.807, 2.05) is 18.2 Å². The normalized spacial score (nSPS) is 17.9. The molecule has 1 aromatic carbocycles. The average Bonchev–Trinajstić information content (AvgIpc) is 2.68. The highest BCUT2D eigenvalue weighted by Gasteiger charge is 2.13. The summed E-state index contributed by atoms with van der Waals surface area (Å²) in [6.45, 7) is 7.64. The fraction of sp³-hybridized carbons (Fsp3) is 0.650. The second kappa shape index (κ2) is 11.9. The molecule has 0 bridgehead atoms. The summed E-state index contributed by atoms with van der Waals surface area (Å²) in [7, 11) is 3.98. The number of aliphatic hydroxyl groups is 1. The fourth-order valence-corrected chi connectivity index (χ4v) is 3.19. The van der Waals surface area contributed by atoms with Crippen molar-refractivity contribution in [1.29, 1.82) is 0 Å². The molecule has 1 fully saturated rings. The van der Waals surface area contributed by atoms with Crippen molar-refractivity contribution >= 4 is 5.96 Å². The maximum Gasteiger partial charge on any atom is 0.190 e. The minimum atomic E-state index is 0.0759. The lowest BCUT2D eigenvalue weighted by Gasteiger charge is -2.32. The zero-order valence-corrected chi connectivity index (χ0v) is 16.3. The predicted molar refractivity (Wildman–Crippen MR) is 109 cm³/mol. The summed E-state index contributed by atoms with van der Waals surface area (Å²) >= 11 is 0. The second-order valence-corrected chi connectivity index (χ2v) is 7.02. The molecule has 0 spiro atoms. The Bertz CT molecular complexity index is 514. The van der Waals surface area contributed by atoms with Gasteiger partial charge in [0.25, 0.3) is 0 Å². The first-order valence-corrected chi connectivity index (χ1v) is 9.74. The first-order chi connectivity index (χ1) is 12.7. The van der Waals surface area contributed by atoms with Crippen LogP contribution in [0.3, 0.4) is 0 Å². The van der Waals surface area contributed by atoms with Gasteiger partial charge in [0.15, 0.2) is 5.96 Å². The van der Waals surface area contributed by atoms with Crippen molar-refractivity contribution in [2.24, 2.45) is 4.99 Å². The van der Waals surface area contributed by atoms with Crippen molar-refractivity contribution < 1.29 is 5.11 Å². The number of aliphatic imine (C=N–C) groups is 1. The van der Waals surface area contributed by atoms with Crippen LogP contribution in [0.1, 0.15) is 24.3 Å². The topological polar surface area (TPSA) is 63.1 Å². The Kier molecular flexibility index (Phi) is 9.45. The van der Waals surface area contributed by atoms with Crippen LogP contribution in [0.4, 0.5) is 0 Å². The van der Waals surface area contributed by atoms with E-state index >= 15 is 0 Å². The van der Waals surface area contributed by atoms with E-state index in [0.717, 1.165) is 24.5 Å². The molecule has 0 saturated carbocycles. The standard InChI is InChI=1S/C20H35N5O/c1-21-20(23-16-19(17-26)18-8-4-3-5-9-18)22-10-6-7-11-25-14-12-24(2)13-15-25/h3-5,8-9,19,26H,6-7,10-17H2,1-2H3,(H2,21,22,23). The van der Waals surface area contributed by atoms with Crippen molar-refractivity contribution in [3.63, 3.8) is 0 Å². The van der Waals surface area contributed by atoms with Gasteiger partial charge in [-0.25, -0.2) is 0 Å². The van der Waals surface area contributed by atoms with Crippen molar-refractivity contribution in [3.8, 4) is 0 Å². The Hall–Kier alpha value is -1.63. The Morgan fingerprint density at radius 3 is 2.50 bits per heavy atom. The number of rotatable bonds is 9. The first-order valence-electron chi connectivity index (χ1n) is 9.74. The summed E-state index contributed by atoms with van der Waals surface area (Å²) < 4.78 is 0. The van der Waals surface area contributed by atoms with Crippen molar-refractivity contribution in [3.05, 3.63) is 35.9 Å². The van der Waals surface area contributed by atoms with E-state index in [4.69, 9.17) is 0 Å². The van der Waals surface area contributed by atoms with Crippen LogP contribution >= 0.6 is 0 Å². The lowest BCUT2D eigenvalue weighted by atomic mass is 10.0. The summed E-state index contributed by atoms with van der Waals surface area (Å²) in [5.74, 6) is 0.881. The molecule has 146 valence electrons. The fourth-order valence-electron chi connectivity index (χ4n) is 3.19. The predicted octanol–water partition coefficient (Wildman–Crippen LogP) is 0.955. The van der Waals surface area contributed by atoms with Gasteiger partial charge in [-0.3, -0.25) is 4.99 Å². The highest BCUT2D eigenvalue weighted by atomic mass is 16.3. The number of nitrogens with one attached hydrogen (secondary N) is 2. The maximum atomic E-state index is 9.64. The van der Waals surface area contributed by atoms with Gasteiger partial charge in [0.2, 0.25) is 0 Å². The molecule has 1 aliphatic heterocycles. The van der Waals surface area contributed by atoms with E-state index in [1.54, 1.807) is 7.05 Å². The smallest absolute Gasteiger partial charge is 0.190 e. The monoisotopic (exact) mass is 361 g/mol. The van der Waals surface area contributed by atoms with E-state index in [-0.39, 0.29) is 12.5 Å². The number of piperazine rings is 1. The highest BCUT2D eigenvalue weighted by Crippen LogP contribution is 2.13. The second-order valence-electron chi connectivity index (χ2n) is 7.02. The maximum absolute atomic E-state index is 9.64.